The highest BCUT2D eigenvalue weighted by molar-refractivity contribution is 7.22. The van der Waals surface area contributed by atoms with Gasteiger partial charge in [-0.05, 0) is 11.6 Å². The van der Waals surface area contributed by atoms with Crippen LogP contribution in [-0.4, -0.2) is 21.5 Å². The summed E-state index contributed by atoms with van der Waals surface area (Å²) in [5.41, 5.74) is 2.09. The minimum Gasteiger partial charge on any atom is -0.456 e. The van der Waals surface area contributed by atoms with E-state index in [0.29, 0.717) is 5.76 Å². The number of allylic oxidation sites excluding steroid dienone is 1. The van der Waals surface area contributed by atoms with Crippen LogP contribution in [0.1, 0.15) is 26.7 Å². The summed E-state index contributed by atoms with van der Waals surface area (Å²) in [6.45, 7) is 0. The molecule has 0 N–H and O–H groups in total. The Morgan fingerprint density at radius 2 is 1.62 bits per heavy atom. The molecule has 1 aliphatic rings. The molecular formula is C20H10N2O3S. The van der Waals surface area contributed by atoms with E-state index >= 15 is 0 Å². The van der Waals surface area contributed by atoms with Crippen molar-refractivity contribution in [3.8, 4) is 10.4 Å². The van der Waals surface area contributed by atoms with Crippen molar-refractivity contribution >= 4 is 39.3 Å². The molecule has 0 bridgehead atoms. The molecule has 0 fully saturated rings. The van der Waals surface area contributed by atoms with Crippen molar-refractivity contribution in [2.45, 2.75) is 0 Å². The van der Waals surface area contributed by atoms with Crippen LogP contribution in [0.5, 0.6) is 0 Å². The second-order valence-electron chi connectivity index (χ2n) is 5.82. The van der Waals surface area contributed by atoms with Crippen molar-refractivity contribution in [1.29, 1.82) is 0 Å². The molecular weight excluding hydrogens is 348 g/mol. The lowest BCUT2D eigenvalue weighted by atomic mass is 10.1. The molecule has 5 nitrogen and oxygen atoms in total. The molecule has 5 rings (SSSR count). The second-order valence-corrected chi connectivity index (χ2v) is 6.91. The Morgan fingerprint density at radius 1 is 0.923 bits per heavy atom. The van der Waals surface area contributed by atoms with Crippen LogP contribution in [0.4, 0.5) is 0 Å². The first-order valence-electron chi connectivity index (χ1n) is 7.91. The number of hydrogen-bond acceptors (Lipinski definition) is 6. The van der Waals surface area contributed by atoms with Crippen molar-refractivity contribution in [3.63, 3.8) is 0 Å². The number of aromatic nitrogens is 2. The largest absolute Gasteiger partial charge is 0.456 e. The molecule has 1 aliphatic carbocycles. The van der Waals surface area contributed by atoms with Gasteiger partial charge in [-0.2, -0.15) is 0 Å². The number of benzene rings is 1. The van der Waals surface area contributed by atoms with Crippen LogP contribution in [0.2, 0.25) is 0 Å². The zero-order valence-corrected chi connectivity index (χ0v) is 14.1. The normalized spacial score (nSPS) is 13.5. The van der Waals surface area contributed by atoms with Gasteiger partial charge in [-0.25, -0.2) is 9.97 Å². The third-order valence-corrected chi connectivity index (χ3v) is 5.30. The Hall–Kier alpha value is -3.38. The number of nitrogens with zero attached hydrogens (tertiary/aromatic N) is 2. The van der Waals surface area contributed by atoms with Gasteiger partial charge in [0.2, 0.25) is 11.6 Å². The van der Waals surface area contributed by atoms with Crippen LogP contribution >= 0.6 is 11.3 Å². The molecule has 0 atom stereocenters. The van der Waals surface area contributed by atoms with Crippen molar-refractivity contribution in [1.82, 2.24) is 9.97 Å². The monoisotopic (exact) mass is 358 g/mol. The van der Waals surface area contributed by atoms with E-state index in [4.69, 9.17) is 4.42 Å². The molecule has 1 aromatic carbocycles. The molecule has 0 radical (unpaired) electrons. The molecule has 0 unspecified atom stereocenters. The molecule has 0 saturated carbocycles. The second kappa shape index (κ2) is 5.57. The highest BCUT2D eigenvalue weighted by atomic mass is 32.1. The molecule has 6 heteroatoms. The summed E-state index contributed by atoms with van der Waals surface area (Å²) in [7, 11) is 0. The topological polar surface area (TPSA) is 73.1 Å². The smallest absolute Gasteiger partial charge is 0.217 e. The van der Waals surface area contributed by atoms with Gasteiger partial charge in [-0.15, -0.1) is 11.3 Å². The first-order chi connectivity index (χ1) is 12.7. The number of rotatable bonds is 2. The van der Waals surface area contributed by atoms with E-state index in [1.807, 2.05) is 42.5 Å². The lowest BCUT2D eigenvalue weighted by Gasteiger charge is -1.94. The summed E-state index contributed by atoms with van der Waals surface area (Å²) in [6.07, 6.45) is 4.28. The molecule has 26 heavy (non-hydrogen) atoms. The number of carbonyl (C=O) groups is 2. The fraction of sp³-hybridized carbons (Fsp3) is 0. The van der Waals surface area contributed by atoms with E-state index in [-0.39, 0.29) is 17.0 Å². The highest BCUT2D eigenvalue weighted by Crippen LogP contribution is 2.36. The Kier molecular flexibility index (Phi) is 3.20. The maximum absolute atomic E-state index is 12.4. The van der Waals surface area contributed by atoms with Gasteiger partial charge in [0.15, 0.2) is 0 Å². The molecule has 3 aromatic heterocycles. The summed E-state index contributed by atoms with van der Waals surface area (Å²) < 4.78 is 6.78. The van der Waals surface area contributed by atoms with Crippen LogP contribution in [0, 0.1) is 0 Å². The van der Waals surface area contributed by atoms with Crippen molar-refractivity contribution < 1.29 is 14.0 Å². The molecule has 0 amide bonds. The summed E-state index contributed by atoms with van der Waals surface area (Å²) in [5.74, 6) is -0.360. The average Bonchev–Trinajstić information content (AvgIpc) is 3.30. The van der Waals surface area contributed by atoms with E-state index < -0.39 is 11.6 Å². The van der Waals surface area contributed by atoms with E-state index in [1.54, 1.807) is 11.3 Å². The molecule has 124 valence electrons. The predicted molar refractivity (Wildman–Crippen MR) is 98.2 cm³/mol. The number of fused-ring (bicyclic) bond motifs is 2. The van der Waals surface area contributed by atoms with E-state index in [1.165, 1.54) is 18.5 Å². The highest BCUT2D eigenvalue weighted by Gasteiger charge is 2.36. The van der Waals surface area contributed by atoms with Crippen LogP contribution in [0.3, 0.4) is 0 Å². The molecule has 0 spiro atoms. The maximum atomic E-state index is 12.4. The number of ketones is 2. The maximum Gasteiger partial charge on any atom is 0.217 e. The minimum atomic E-state index is -0.414. The lowest BCUT2D eigenvalue weighted by Crippen LogP contribution is -2.00. The SMILES string of the molecule is O=C1C(=Cc2cc3sc(-c4ccccc4)cc3o2)C(=O)c2nccnc21. The summed E-state index contributed by atoms with van der Waals surface area (Å²) in [5, 5.41) is 0. The summed E-state index contributed by atoms with van der Waals surface area (Å²) >= 11 is 1.60. The van der Waals surface area contributed by atoms with Crippen LogP contribution < -0.4 is 0 Å². The average molecular weight is 358 g/mol. The van der Waals surface area contributed by atoms with Crippen LogP contribution in [-0.2, 0) is 0 Å². The van der Waals surface area contributed by atoms with Crippen LogP contribution in [0.25, 0.3) is 26.8 Å². The Morgan fingerprint density at radius 3 is 2.27 bits per heavy atom. The molecule has 0 aliphatic heterocycles. The van der Waals surface area contributed by atoms with E-state index in [2.05, 4.69) is 9.97 Å². The van der Waals surface area contributed by atoms with Gasteiger partial charge < -0.3 is 4.42 Å². The zero-order chi connectivity index (χ0) is 17.7. The molecule has 3 heterocycles. The van der Waals surface area contributed by atoms with Crippen LogP contribution in [0.15, 0.2) is 64.8 Å². The Bertz CT molecular complexity index is 1150. The van der Waals surface area contributed by atoms with Crippen molar-refractivity contribution in [3.05, 3.63) is 77.6 Å². The standard InChI is InChI=1S/C20H10N2O3S/c23-19-13(20(24)18-17(19)21-6-7-22-18)8-12-9-16-14(25-12)10-15(26-16)11-4-2-1-3-5-11/h1-10H. The van der Waals surface area contributed by atoms with Gasteiger partial charge in [0, 0.05) is 29.4 Å². The third-order valence-electron chi connectivity index (χ3n) is 4.19. The number of thiophene rings is 1. The van der Waals surface area contributed by atoms with Gasteiger partial charge in [0.05, 0.1) is 10.3 Å². The minimum absolute atomic E-state index is 0.0379. The fourth-order valence-corrected chi connectivity index (χ4v) is 4.01. The van der Waals surface area contributed by atoms with Gasteiger partial charge in [0.1, 0.15) is 22.7 Å². The van der Waals surface area contributed by atoms with Crippen molar-refractivity contribution in [2.24, 2.45) is 0 Å². The van der Waals surface area contributed by atoms with E-state index in [0.717, 1.165) is 20.7 Å². The lowest BCUT2D eigenvalue weighted by molar-refractivity contribution is 0.0988. The Balaban J connectivity index is 1.53. The van der Waals surface area contributed by atoms with E-state index in [9.17, 15) is 9.59 Å². The van der Waals surface area contributed by atoms with Gasteiger partial charge >= 0.3 is 0 Å². The van der Waals surface area contributed by atoms with Crippen molar-refractivity contribution in [2.75, 3.05) is 0 Å². The van der Waals surface area contributed by atoms with Gasteiger partial charge in [-0.3, -0.25) is 9.59 Å². The molecule has 4 aromatic rings. The predicted octanol–water partition coefficient (Wildman–Crippen LogP) is 4.41. The summed E-state index contributed by atoms with van der Waals surface area (Å²) in [6, 6.07) is 13.8. The number of furan rings is 1. The first-order valence-corrected chi connectivity index (χ1v) is 8.73. The zero-order valence-electron chi connectivity index (χ0n) is 13.3. The quantitative estimate of drug-likeness (QED) is 0.392. The number of carbonyl (C=O) groups excluding carboxylic acids is 2. The summed E-state index contributed by atoms with van der Waals surface area (Å²) in [4.78, 5) is 33.8. The third kappa shape index (κ3) is 2.23. The van der Waals surface area contributed by atoms with Gasteiger partial charge in [0.25, 0.3) is 0 Å². The number of Topliss-reactive ketones (excluding diaryl/α,β-unsaturated/α-hetero) is 2. The fourth-order valence-electron chi connectivity index (χ4n) is 2.97. The van der Waals surface area contributed by atoms with Gasteiger partial charge in [-0.1, -0.05) is 30.3 Å². The molecule has 0 saturated heterocycles. The number of hydrogen-bond donors (Lipinski definition) is 0. The first kappa shape index (κ1) is 14.9. The Labute approximate surface area is 151 Å².